The monoisotopic (exact) mass is 345 g/mol. The number of hydrogen-bond donors (Lipinski definition) is 0. The molecule has 124 valence electrons. The molecule has 3 aromatic rings. The third-order valence-corrected chi connectivity index (χ3v) is 6.07. The van der Waals surface area contributed by atoms with Gasteiger partial charge in [0, 0.05) is 11.1 Å². The van der Waals surface area contributed by atoms with Crippen LogP contribution in [0.3, 0.4) is 0 Å². The zero-order chi connectivity index (χ0) is 17.4. The summed E-state index contributed by atoms with van der Waals surface area (Å²) in [6.45, 7) is 4.26. The van der Waals surface area contributed by atoms with Crippen molar-refractivity contribution in [1.82, 2.24) is 10.2 Å². The van der Waals surface area contributed by atoms with Gasteiger partial charge in [0.05, 0.1) is 11.6 Å². The number of rotatable bonds is 2. The van der Waals surface area contributed by atoms with E-state index < -0.39 is 0 Å². The average Bonchev–Trinajstić information content (AvgIpc) is 3.12. The lowest BCUT2D eigenvalue weighted by molar-refractivity contribution is 0.591. The fourth-order valence-electron chi connectivity index (χ4n) is 3.61. The van der Waals surface area contributed by atoms with Crippen LogP contribution in [-0.2, 0) is 6.42 Å². The second-order valence-corrected chi connectivity index (χ2v) is 7.70. The summed E-state index contributed by atoms with van der Waals surface area (Å²) in [6, 6.07) is 14.7. The van der Waals surface area contributed by atoms with Gasteiger partial charge < -0.3 is 0 Å². The van der Waals surface area contributed by atoms with Gasteiger partial charge in [0.15, 0.2) is 0 Å². The zero-order valence-electron chi connectivity index (χ0n) is 14.4. The van der Waals surface area contributed by atoms with Crippen LogP contribution in [0, 0.1) is 18.3 Å². The molecule has 0 saturated carbocycles. The number of nitriles is 1. The maximum atomic E-state index is 9.25. The first-order valence-corrected chi connectivity index (χ1v) is 9.46. The Labute approximate surface area is 152 Å². The van der Waals surface area contributed by atoms with Gasteiger partial charge in [-0.05, 0) is 54.9 Å². The van der Waals surface area contributed by atoms with Gasteiger partial charge in [-0.2, -0.15) is 5.26 Å². The molecule has 3 nitrogen and oxygen atoms in total. The highest BCUT2D eigenvalue weighted by atomic mass is 32.1. The molecule has 4 rings (SSSR count). The third kappa shape index (κ3) is 2.85. The number of aromatic nitrogens is 2. The van der Waals surface area contributed by atoms with Crippen LogP contribution in [0.2, 0.25) is 0 Å². The van der Waals surface area contributed by atoms with Gasteiger partial charge in [0.25, 0.3) is 0 Å². The molecule has 1 atom stereocenters. The second kappa shape index (κ2) is 6.42. The van der Waals surface area contributed by atoms with E-state index in [0.717, 1.165) is 27.6 Å². The van der Waals surface area contributed by atoms with Crippen LogP contribution in [0.1, 0.15) is 47.9 Å². The molecule has 1 aromatic heterocycles. The average molecular weight is 345 g/mol. The largest absolute Gasteiger partial charge is 0.192 e. The fourth-order valence-corrected chi connectivity index (χ4v) is 4.50. The van der Waals surface area contributed by atoms with E-state index in [1.54, 1.807) is 11.3 Å². The van der Waals surface area contributed by atoms with E-state index in [0.29, 0.717) is 11.5 Å². The fraction of sp³-hybridized carbons (Fsp3) is 0.286. The van der Waals surface area contributed by atoms with Gasteiger partial charge in [-0.15, -0.1) is 10.2 Å². The first-order valence-electron chi connectivity index (χ1n) is 8.64. The van der Waals surface area contributed by atoms with E-state index in [1.165, 1.54) is 29.5 Å². The Bertz CT molecular complexity index is 981. The summed E-state index contributed by atoms with van der Waals surface area (Å²) in [5.74, 6) is 0.617. The molecule has 2 aromatic carbocycles. The summed E-state index contributed by atoms with van der Waals surface area (Å²) in [4.78, 5) is 0. The maximum absolute atomic E-state index is 9.25. The number of hydrogen-bond acceptors (Lipinski definition) is 4. The number of benzene rings is 2. The minimum absolute atomic E-state index is 0.617. The molecule has 0 aliphatic heterocycles. The first-order chi connectivity index (χ1) is 12.2. The van der Waals surface area contributed by atoms with E-state index in [4.69, 9.17) is 0 Å². The van der Waals surface area contributed by atoms with E-state index >= 15 is 0 Å². The van der Waals surface area contributed by atoms with Crippen molar-refractivity contribution in [2.45, 2.75) is 39.0 Å². The van der Waals surface area contributed by atoms with E-state index in [1.807, 2.05) is 25.1 Å². The highest BCUT2D eigenvalue weighted by Crippen LogP contribution is 2.39. The van der Waals surface area contributed by atoms with Crippen molar-refractivity contribution in [3.63, 3.8) is 0 Å². The molecule has 0 unspecified atom stereocenters. The van der Waals surface area contributed by atoms with E-state index in [9.17, 15) is 5.26 Å². The van der Waals surface area contributed by atoms with Gasteiger partial charge in [0.1, 0.15) is 10.0 Å². The summed E-state index contributed by atoms with van der Waals surface area (Å²) >= 11 is 1.61. The number of fused-ring (bicyclic) bond motifs is 1. The molecule has 0 bridgehead atoms. The van der Waals surface area contributed by atoms with Crippen molar-refractivity contribution in [3.8, 4) is 27.2 Å². The topological polar surface area (TPSA) is 49.6 Å². The molecule has 0 saturated heterocycles. The maximum Gasteiger partial charge on any atom is 0.148 e. The lowest BCUT2D eigenvalue weighted by Crippen LogP contribution is -2.08. The Hall–Kier alpha value is -2.51. The Morgan fingerprint density at radius 1 is 1.16 bits per heavy atom. The van der Waals surface area contributed by atoms with Crippen molar-refractivity contribution < 1.29 is 0 Å². The molecule has 1 aliphatic carbocycles. The summed E-state index contributed by atoms with van der Waals surface area (Å²) in [6.07, 6.45) is 3.62. The summed E-state index contributed by atoms with van der Waals surface area (Å²) in [5.41, 5.74) is 6.76. The molecule has 0 radical (unpaired) electrons. The van der Waals surface area contributed by atoms with E-state index in [-0.39, 0.29) is 0 Å². The van der Waals surface area contributed by atoms with E-state index in [2.05, 4.69) is 41.4 Å². The Morgan fingerprint density at radius 2 is 2.00 bits per heavy atom. The first kappa shape index (κ1) is 16.0. The van der Waals surface area contributed by atoms with Crippen molar-refractivity contribution in [1.29, 1.82) is 5.26 Å². The van der Waals surface area contributed by atoms with Crippen LogP contribution in [0.25, 0.3) is 21.1 Å². The minimum Gasteiger partial charge on any atom is -0.192 e. The standard InChI is InChI=1S/C21H19N3S/c1-13-9-10-15(11-16(13)12-22)20-23-24-21(25-20)19-8-4-6-17-14(2)5-3-7-18(17)19/h4,6,8-11,14H,3,5,7H2,1-2H3/t14-/m1/s1. The quantitative estimate of drug-likeness (QED) is 0.617. The van der Waals surface area contributed by atoms with Crippen molar-refractivity contribution in [2.24, 2.45) is 0 Å². The molecule has 0 amide bonds. The van der Waals surface area contributed by atoms with Gasteiger partial charge in [-0.1, -0.05) is 48.6 Å². The Balaban J connectivity index is 1.76. The zero-order valence-corrected chi connectivity index (χ0v) is 15.2. The summed E-state index contributed by atoms with van der Waals surface area (Å²) in [5, 5.41) is 19.9. The second-order valence-electron chi connectivity index (χ2n) is 6.72. The molecule has 0 fully saturated rings. The van der Waals surface area contributed by atoms with Crippen LogP contribution >= 0.6 is 11.3 Å². The molecule has 25 heavy (non-hydrogen) atoms. The molecule has 1 aliphatic rings. The summed E-state index contributed by atoms with van der Waals surface area (Å²) < 4.78 is 0. The van der Waals surface area contributed by atoms with Crippen molar-refractivity contribution in [2.75, 3.05) is 0 Å². The van der Waals surface area contributed by atoms with Crippen molar-refractivity contribution >= 4 is 11.3 Å². The SMILES string of the molecule is Cc1ccc(-c2nnc(-c3cccc4c3CCC[C@H]4C)s2)cc1C#N. The minimum atomic E-state index is 0.617. The lowest BCUT2D eigenvalue weighted by atomic mass is 9.82. The van der Waals surface area contributed by atoms with Gasteiger partial charge in [-0.25, -0.2) is 0 Å². The molecule has 0 spiro atoms. The molecular formula is C21H19N3S. The molecule has 4 heteroatoms. The smallest absolute Gasteiger partial charge is 0.148 e. The van der Waals surface area contributed by atoms with Crippen LogP contribution in [0.4, 0.5) is 0 Å². The van der Waals surface area contributed by atoms with Gasteiger partial charge in [-0.3, -0.25) is 0 Å². The lowest BCUT2D eigenvalue weighted by Gasteiger charge is -2.23. The van der Waals surface area contributed by atoms with Crippen LogP contribution in [0.15, 0.2) is 36.4 Å². The highest BCUT2D eigenvalue weighted by molar-refractivity contribution is 7.17. The summed E-state index contributed by atoms with van der Waals surface area (Å²) in [7, 11) is 0. The molecular weight excluding hydrogens is 326 g/mol. The van der Waals surface area contributed by atoms with Crippen LogP contribution in [0.5, 0.6) is 0 Å². The third-order valence-electron chi connectivity index (χ3n) is 5.07. The van der Waals surface area contributed by atoms with Gasteiger partial charge >= 0.3 is 0 Å². The van der Waals surface area contributed by atoms with Crippen LogP contribution in [-0.4, -0.2) is 10.2 Å². The van der Waals surface area contributed by atoms with Crippen LogP contribution < -0.4 is 0 Å². The normalized spacial score (nSPS) is 16.3. The Morgan fingerprint density at radius 3 is 2.84 bits per heavy atom. The molecule has 0 N–H and O–H groups in total. The predicted molar refractivity (Wildman–Crippen MR) is 102 cm³/mol. The number of aryl methyl sites for hydroxylation is 1. The predicted octanol–water partition coefficient (Wildman–Crippen LogP) is 5.49. The van der Waals surface area contributed by atoms with Crippen molar-refractivity contribution in [3.05, 3.63) is 58.7 Å². The molecule has 1 heterocycles. The Kier molecular flexibility index (Phi) is 4.10. The number of nitrogens with zero attached hydrogens (tertiary/aromatic N) is 3. The van der Waals surface area contributed by atoms with Gasteiger partial charge in [0.2, 0.25) is 0 Å². The highest BCUT2D eigenvalue weighted by Gasteiger charge is 2.21.